The molecule has 24 heavy (non-hydrogen) atoms. The van der Waals surface area contributed by atoms with Crippen LogP contribution in [0.4, 0.5) is 0 Å². The van der Waals surface area contributed by atoms with Crippen molar-refractivity contribution < 1.29 is 8.85 Å². The lowest BCUT2D eigenvalue weighted by Crippen LogP contribution is -2.24. The summed E-state index contributed by atoms with van der Waals surface area (Å²) in [6, 6.07) is 30.9. The molecule has 0 aliphatic rings. The van der Waals surface area contributed by atoms with E-state index in [2.05, 4.69) is 48.5 Å². The van der Waals surface area contributed by atoms with Crippen LogP contribution in [0.1, 0.15) is 11.1 Å². The molecule has 0 unspecified atom stereocenters. The molecule has 2 nitrogen and oxygen atoms in total. The van der Waals surface area contributed by atoms with E-state index in [1.807, 2.05) is 42.5 Å². The molecule has 0 aliphatic carbocycles. The molecule has 0 fully saturated rings. The summed E-state index contributed by atoms with van der Waals surface area (Å²) in [5.41, 5.74) is 2.60. The number of benzene rings is 3. The highest BCUT2D eigenvalue weighted by Gasteiger charge is 2.12. The van der Waals surface area contributed by atoms with Gasteiger partial charge < -0.3 is 8.85 Å². The Balaban J connectivity index is 1.60. The molecule has 0 aliphatic heterocycles. The SMILES string of the molecule is c1ccc(CC(Cc2ccccc2)O[SiH2]Oc2ccccc2)cc1. The summed E-state index contributed by atoms with van der Waals surface area (Å²) in [6.45, 7) is 0. The molecule has 0 saturated heterocycles. The van der Waals surface area contributed by atoms with E-state index in [1.54, 1.807) is 0 Å². The largest absolute Gasteiger partial charge is 0.525 e. The zero-order valence-electron chi connectivity index (χ0n) is 13.7. The Morgan fingerprint density at radius 1 is 0.625 bits per heavy atom. The summed E-state index contributed by atoms with van der Waals surface area (Å²) in [4.78, 5) is 0. The van der Waals surface area contributed by atoms with Crippen molar-refractivity contribution in [1.82, 2.24) is 0 Å². The van der Waals surface area contributed by atoms with Crippen LogP contribution in [0.2, 0.25) is 0 Å². The highest BCUT2D eigenvalue weighted by molar-refractivity contribution is 6.19. The van der Waals surface area contributed by atoms with Gasteiger partial charge >= 0.3 is 10.0 Å². The summed E-state index contributed by atoms with van der Waals surface area (Å²) in [7, 11) is -1.07. The molecule has 0 aromatic heterocycles. The lowest BCUT2D eigenvalue weighted by molar-refractivity contribution is 0.186. The first-order chi connectivity index (χ1) is 11.9. The summed E-state index contributed by atoms with van der Waals surface area (Å²) in [5.74, 6) is 0.891. The number of rotatable bonds is 8. The van der Waals surface area contributed by atoms with Crippen LogP contribution in [0.3, 0.4) is 0 Å². The van der Waals surface area contributed by atoms with Gasteiger partial charge in [0, 0.05) is 0 Å². The second kappa shape index (κ2) is 9.06. The molecular formula is C21H22O2Si. The monoisotopic (exact) mass is 334 g/mol. The molecule has 0 radical (unpaired) electrons. The quantitative estimate of drug-likeness (QED) is 0.581. The molecule has 0 amide bonds. The van der Waals surface area contributed by atoms with Gasteiger partial charge in [0.15, 0.2) is 0 Å². The normalized spacial score (nSPS) is 11.2. The first-order valence-electron chi connectivity index (χ1n) is 8.27. The summed E-state index contributed by atoms with van der Waals surface area (Å²) >= 11 is 0. The molecule has 0 N–H and O–H groups in total. The maximum absolute atomic E-state index is 6.17. The van der Waals surface area contributed by atoms with Crippen molar-refractivity contribution in [1.29, 1.82) is 0 Å². The molecule has 0 spiro atoms. The lowest BCUT2D eigenvalue weighted by Gasteiger charge is -2.19. The van der Waals surface area contributed by atoms with Crippen LogP contribution in [0, 0.1) is 0 Å². The van der Waals surface area contributed by atoms with Crippen LogP contribution in [0.5, 0.6) is 5.75 Å². The van der Waals surface area contributed by atoms with Crippen molar-refractivity contribution in [2.45, 2.75) is 18.9 Å². The summed E-state index contributed by atoms with van der Waals surface area (Å²) < 4.78 is 12.0. The van der Waals surface area contributed by atoms with E-state index in [1.165, 1.54) is 11.1 Å². The van der Waals surface area contributed by atoms with E-state index >= 15 is 0 Å². The maximum atomic E-state index is 6.17. The van der Waals surface area contributed by atoms with Crippen molar-refractivity contribution >= 4 is 10.0 Å². The van der Waals surface area contributed by atoms with Crippen molar-refractivity contribution in [2.75, 3.05) is 0 Å². The third-order valence-corrected chi connectivity index (χ3v) is 4.94. The molecule has 0 saturated carbocycles. The third kappa shape index (κ3) is 5.37. The molecule has 0 heterocycles. The lowest BCUT2D eigenvalue weighted by atomic mass is 10.0. The molecule has 3 rings (SSSR count). The van der Waals surface area contributed by atoms with Gasteiger partial charge in [0.2, 0.25) is 0 Å². The predicted octanol–water partition coefficient (Wildman–Crippen LogP) is 3.93. The smallest absolute Gasteiger partial charge is 0.366 e. The fourth-order valence-electron chi connectivity index (χ4n) is 2.66. The predicted molar refractivity (Wildman–Crippen MR) is 101 cm³/mol. The number of hydrogen-bond donors (Lipinski definition) is 0. The Morgan fingerprint density at radius 2 is 1.08 bits per heavy atom. The Hall–Kier alpha value is -2.36. The van der Waals surface area contributed by atoms with Crippen molar-refractivity contribution in [3.05, 3.63) is 102 Å². The first-order valence-corrected chi connectivity index (χ1v) is 9.43. The van der Waals surface area contributed by atoms with Gasteiger partial charge in [-0.3, -0.25) is 0 Å². The fraction of sp³-hybridized carbons (Fsp3) is 0.143. The van der Waals surface area contributed by atoms with Crippen LogP contribution in [-0.2, 0) is 17.3 Å². The Kier molecular flexibility index (Phi) is 6.23. The van der Waals surface area contributed by atoms with Crippen LogP contribution in [0.15, 0.2) is 91.0 Å². The Bertz CT molecular complexity index is 660. The molecular weight excluding hydrogens is 312 g/mol. The Morgan fingerprint density at radius 3 is 1.58 bits per heavy atom. The standard InChI is InChI=1S/C21H22O2Si/c1-4-10-18(11-5-1)16-21(17-19-12-6-2-7-13-19)23-24-22-20-14-8-3-9-15-20/h1-15,21H,16-17,24H2. The van der Waals surface area contributed by atoms with E-state index in [0.29, 0.717) is 0 Å². The van der Waals surface area contributed by atoms with Gasteiger partial charge in [-0.15, -0.1) is 0 Å². The van der Waals surface area contributed by atoms with E-state index < -0.39 is 10.0 Å². The zero-order chi connectivity index (χ0) is 16.5. The number of hydrogen-bond acceptors (Lipinski definition) is 2. The fourth-order valence-corrected chi connectivity index (χ4v) is 3.48. The third-order valence-electron chi connectivity index (χ3n) is 3.88. The summed E-state index contributed by atoms with van der Waals surface area (Å²) in [5, 5.41) is 0. The van der Waals surface area contributed by atoms with Gasteiger partial charge in [-0.25, -0.2) is 0 Å². The first kappa shape index (κ1) is 16.5. The van der Waals surface area contributed by atoms with Gasteiger partial charge in [-0.05, 0) is 36.1 Å². The van der Waals surface area contributed by atoms with E-state index in [4.69, 9.17) is 8.85 Å². The topological polar surface area (TPSA) is 18.5 Å². The molecule has 122 valence electrons. The molecule has 3 heteroatoms. The minimum atomic E-state index is -1.07. The van der Waals surface area contributed by atoms with Gasteiger partial charge in [0.25, 0.3) is 0 Å². The van der Waals surface area contributed by atoms with E-state index in [9.17, 15) is 0 Å². The Labute approximate surface area is 146 Å². The van der Waals surface area contributed by atoms with Crippen LogP contribution < -0.4 is 4.43 Å². The van der Waals surface area contributed by atoms with Gasteiger partial charge in [-0.1, -0.05) is 78.9 Å². The summed E-state index contributed by atoms with van der Waals surface area (Å²) in [6.07, 6.45) is 1.95. The minimum Gasteiger partial charge on any atom is -0.525 e. The minimum absolute atomic E-state index is 0.144. The van der Waals surface area contributed by atoms with Crippen molar-refractivity contribution in [3.8, 4) is 5.75 Å². The second-order valence-electron chi connectivity index (χ2n) is 5.74. The van der Waals surface area contributed by atoms with Crippen LogP contribution >= 0.6 is 0 Å². The average molecular weight is 334 g/mol. The maximum Gasteiger partial charge on any atom is 0.366 e. The van der Waals surface area contributed by atoms with Crippen molar-refractivity contribution in [3.63, 3.8) is 0 Å². The van der Waals surface area contributed by atoms with Crippen molar-refractivity contribution in [2.24, 2.45) is 0 Å². The second-order valence-corrected chi connectivity index (χ2v) is 6.60. The highest BCUT2D eigenvalue weighted by Crippen LogP contribution is 2.13. The average Bonchev–Trinajstić information content (AvgIpc) is 2.64. The van der Waals surface area contributed by atoms with Gasteiger partial charge in [0.05, 0.1) is 6.10 Å². The molecule has 3 aromatic carbocycles. The van der Waals surface area contributed by atoms with Crippen LogP contribution in [0.25, 0.3) is 0 Å². The molecule has 0 atom stereocenters. The van der Waals surface area contributed by atoms with E-state index in [-0.39, 0.29) is 6.10 Å². The van der Waals surface area contributed by atoms with Gasteiger partial charge in [-0.2, -0.15) is 0 Å². The molecule has 3 aromatic rings. The number of para-hydroxylation sites is 1. The highest BCUT2D eigenvalue weighted by atomic mass is 28.3. The molecule has 0 bridgehead atoms. The van der Waals surface area contributed by atoms with Crippen LogP contribution in [-0.4, -0.2) is 16.1 Å². The van der Waals surface area contributed by atoms with Gasteiger partial charge in [0.1, 0.15) is 5.75 Å². The zero-order valence-corrected chi connectivity index (χ0v) is 15.1. The van der Waals surface area contributed by atoms with E-state index in [0.717, 1.165) is 18.6 Å².